The number of rotatable bonds is 7. The molecule has 1 amide bonds. The highest BCUT2D eigenvalue weighted by Crippen LogP contribution is 2.18. The Morgan fingerprint density at radius 2 is 2.41 bits per heavy atom. The number of unbranched alkanes of at least 4 members (excludes halogenated alkanes) is 1. The number of aliphatic hydroxyl groups excluding tert-OH is 1. The molecule has 1 heterocycles. The van der Waals surface area contributed by atoms with Crippen LogP contribution in [-0.2, 0) is 4.79 Å². The fourth-order valence-electron chi connectivity index (χ4n) is 1.68. The lowest BCUT2D eigenvalue weighted by Crippen LogP contribution is -2.29. The van der Waals surface area contributed by atoms with Crippen LogP contribution in [0, 0.1) is 0 Å². The minimum Gasteiger partial charge on any atom is -0.396 e. The monoisotopic (exact) mass is 236 g/mol. The van der Waals surface area contributed by atoms with Crippen molar-refractivity contribution in [1.29, 1.82) is 0 Å². The Balaban J connectivity index is 2.63. The second kappa shape index (κ2) is 7.79. The SMILES string of the molecule is CCCC[C@H](NC(=O)CCO)c1cccnc1. The number of nitrogens with zero attached hydrogens (tertiary/aromatic N) is 1. The molecule has 0 saturated carbocycles. The van der Waals surface area contributed by atoms with E-state index < -0.39 is 0 Å². The molecule has 0 radical (unpaired) electrons. The molecule has 0 aromatic carbocycles. The van der Waals surface area contributed by atoms with E-state index in [-0.39, 0.29) is 25.0 Å². The molecule has 0 aliphatic heterocycles. The van der Waals surface area contributed by atoms with Crippen molar-refractivity contribution in [2.75, 3.05) is 6.61 Å². The van der Waals surface area contributed by atoms with Gasteiger partial charge in [-0.25, -0.2) is 0 Å². The lowest BCUT2D eigenvalue weighted by Gasteiger charge is -2.18. The van der Waals surface area contributed by atoms with E-state index in [0.717, 1.165) is 24.8 Å². The van der Waals surface area contributed by atoms with E-state index in [2.05, 4.69) is 17.2 Å². The number of hydrogen-bond acceptors (Lipinski definition) is 3. The maximum absolute atomic E-state index is 11.5. The molecular formula is C13H20N2O2. The smallest absolute Gasteiger partial charge is 0.222 e. The van der Waals surface area contributed by atoms with E-state index in [9.17, 15) is 4.79 Å². The molecule has 1 aromatic heterocycles. The summed E-state index contributed by atoms with van der Waals surface area (Å²) in [5.41, 5.74) is 1.02. The zero-order chi connectivity index (χ0) is 12.5. The Hall–Kier alpha value is -1.42. The first-order chi connectivity index (χ1) is 8.27. The maximum atomic E-state index is 11.5. The molecule has 0 bridgehead atoms. The summed E-state index contributed by atoms with van der Waals surface area (Å²) in [5, 5.41) is 11.7. The highest BCUT2D eigenvalue weighted by atomic mass is 16.3. The van der Waals surface area contributed by atoms with Gasteiger partial charge in [-0.2, -0.15) is 0 Å². The predicted molar refractivity (Wildman–Crippen MR) is 66.3 cm³/mol. The predicted octanol–water partition coefficient (Wildman–Crippen LogP) is 1.81. The average Bonchev–Trinajstić information content (AvgIpc) is 2.36. The van der Waals surface area contributed by atoms with Gasteiger partial charge in [0, 0.05) is 18.8 Å². The van der Waals surface area contributed by atoms with E-state index in [1.807, 2.05) is 12.1 Å². The van der Waals surface area contributed by atoms with Gasteiger partial charge in [0.05, 0.1) is 12.6 Å². The van der Waals surface area contributed by atoms with Crippen LogP contribution in [0.4, 0.5) is 0 Å². The molecule has 0 saturated heterocycles. The van der Waals surface area contributed by atoms with Crippen molar-refractivity contribution in [2.45, 2.75) is 38.6 Å². The van der Waals surface area contributed by atoms with Crippen LogP contribution in [0.2, 0.25) is 0 Å². The third-order valence-corrected chi connectivity index (χ3v) is 2.61. The van der Waals surface area contributed by atoms with Gasteiger partial charge in [-0.15, -0.1) is 0 Å². The maximum Gasteiger partial charge on any atom is 0.222 e. The van der Waals surface area contributed by atoms with Gasteiger partial charge in [-0.1, -0.05) is 25.8 Å². The lowest BCUT2D eigenvalue weighted by molar-refractivity contribution is -0.122. The molecule has 94 valence electrons. The quantitative estimate of drug-likeness (QED) is 0.759. The van der Waals surface area contributed by atoms with Gasteiger partial charge in [0.2, 0.25) is 5.91 Å². The summed E-state index contributed by atoms with van der Waals surface area (Å²) < 4.78 is 0. The molecule has 0 aliphatic rings. The zero-order valence-electron chi connectivity index (χ0n) is 10.2. The molecule has 0 unspecified atom stereocenters. The minimum absolute atomic E-state index is 0.00250. The molecular weight excluding hydrogens is 216 g/mol. The molecule has 17 heavy (non-hydrogen) atoms. The van der Waals surface area contributed by atoms with Crippen molar-refractivity contribution in [1.82, 2.24) is 10.3 Å². The van der Waals surface area contributed by atoms with E-state index in [0.29, 0.717) is 0 Å². The first-order valence-electron chi connectivity index (χ1n) is 6.08. The molecule has 0 aliphatic carbocycles. The number of pyridine rings is 1. The number of hydrogen-bond donors (Lipinski definition) is 2. The van der Waals surface area contributed by atoms with Gasteiger partial charge in [0.15, 0.2) is 0 Å². The summed E-state index contributed by atoms with van der Waals surface area (Å²) >= 11 is 0. The van der Waals surface area contributed by atoms with E-state index >= 15 is 0 Å². The topological polar surface area (TPSA) is 62.2 Å². The van der Waals surface area contributed by atoms with Gasteiger partial charge < -0.3 is 10.4 Å². The summed E-state index contributed by atoms with van der Waals surface area (Å²) in [5.74, 6) is -0.113. The first-order valence-corrected chi connectivity index (χ1v) is 6.08. The number of carbonyl (C=O) groups is 1. The van der Waals surface area contributed by atoms with Crippen LogP contribution in [0.3, 0.4) is 0 Å². The number of aromatic nitrogens is 1. The standard InChI is InChI=1S/C13H20N2O2/c1-2-3-6-12(15-13(17)7-9-16)11-5-4-8-14-10-11/h4-5,8,10,12,16H,2-3,6-7,9H2,1H3,(H,15,17)/t12-/m0/s1. The van der Waals surface area contributed by atoms with Crippen LogP contribution < -0.4 is 5.32 Å². The van der Waals surface area contributed by atoms with Crippen LogP contribution in [0.1, 0.15) is 44.2 Å². The van der Waals surface area contributed by atoms with Crippen LogP contribution in [0.15, 0.2) is 24.5 Å². The van der Waals surface area contributed by atoms with Crippen LogP contribution in [0.25, 0.3) is 0 Å². The first kappa shape index (κ1) is 13.6. The zero-order valence-corrected chi connectivity index (χ0v) is 10.2. The summed E-state index contributed by atoms with van der Waals surface area (Å²) in [6.45, 7) is 2.01. The van der Waals surface area contributed by atoms with E-state index in [4.69, 9.17) is 5.11 Å². The van der Waals surface area contributed by atoms with Crippen LogP contribution in [-0.4, -0.2) is 22.6 Å². The number of aliphatic hydroxyl groups is 1. The van der Waals surface area contributed by atoms with Crippen molar-refractivity contribution >= 4 is 5.91 Å². The van der Waals surface area contributed by atoms with Gasteiger partial charge in [-0.05, 0) is 18.1 Å². The van der Waals surface area contributed by atoms with Crippen LogP contribution >= 0.6 is 0 Å². The Labute approximate surface area is 102 Å². The fraction of sp³-hybridized carbons (Fsp3) is 0.538. The number of nitrogens with one attached hydrogen (secondary N) is 1. The Morgan fingerprint density at radius 1 is 1.59 bits per heavy atom. The Morgan fingerprint density at radius 3 is 3.00 bits per heavy atom. The molecule has 1 aromatic rings. The summed E-state index contributed by atoms with van der Waals surface area (Å²) in [6.07, 6.45) is 6.70. The Kier molecular flexibility index (Phi) is 6.25. The van der Waals surface area contributed by atoms with Crippen LogP contribution in [0.5, 0.6) is 0 Å². The second-order valence-corrected chi connectivity index (χ2v) is 4.02. The highest BCUT2D eigenvalue weighted by Gasteiger charge is 2.13. The van der Waals surface area contributed by atoms with Crippen molar-refractivity contribution < 1.29 is 9.90 Å². The van der Waals surface area contributed by atoms with Crippen molar-refractivity contribution in [3.63, 3.8) is 0 Å². The molecule has 4 heteroatoms. The molecule has 4 nitrogen and oxygen atoms in total. The molecule has 1 atom stereocenters. The fourth-order valence-corrected chi connectivity index (χ4v) is 1.68. The van der Waals surface area contributed by atoms with Gasteiger partial charge in [-0.3, -0.25) is 9.78 Å². The van der Waals surface area contributed by atoms with Gasteiger partial charge in [0.1, 0.15) is 0 Å². The second-order valence-electron chi connectivity index (χ2n) is 4.02. The molecule has 1 rings (SSSR count). The molecule has 2 N–H and O–H groups in total. The number of amides is 1. The third-order valence-electron chi connectivity index (χ3n) is 2.61. The normalized spacial score (nSPS) is 12.1. The minimum atomic E-state index is -0.113. The molecule has 0 fully saturated rings. The van der Waals surface area contributed by atoms with Gasteiger partial charge >= 0.3 is 0 Å². The number of carbonyl (C=O) groups excluding carboxylic acids is 1. The van der Waals surface area contributed by atoms with Crippen molar-refractivity contribution in [2.24, 2.45) is 0 Å². The van der Waals surface area contributed by atoms with E-state index in [1.165, 1.54) is 0 Å². The molecule has 0 spiro atoms. The average molecular weight is 236 g/mol. The highest BCUT2D eigenvalue weighted by molar-refractivity contribution is 5.76. The van der Waals surface area contributed by atoms with E-state index in [1.54, 1.807) is 12.4 Å². The summed E-state index contributed by atoms with van der Waals surface area (Å²) in [6, 6.07) is 3.83. The lowest BCUT2D eigenvalue weighted by atomic mass is 10.0. The Bertz CT molecular complexity index is 327. The van der Waals surface area contributed by atoms with Crippen molar-refractivity contribution in [3.05, 3.63) is 30.1 Å². The van der Waals surface area contributed by atoms with Gasteiger partial charge in [0.25, 0.3) is 0 Å². The summed E-state index contributed by atoms with van der Waals surface area (Å²) in [4.78, 5) is 15.6. The third kappa shape index (κ3) is 4.95. The largest absolute Gasteiger partial charge is 0.396 e. The summed E-state index contributed by atoms with van der Waals surface area (Å²) in [7, 11) is 0. The van der Waals surface area contributed by atoms with Crippen molar-refractivity contribution in [3.8, 4) is 0 Å².